The Kier molecular flexibility index (Phi) is 7.08. The van der Waals surface area contributed by atoms with Crippen LogP contribution in [0.1, 0.15) is 51.5 Å². The normalized spacial score (nSPS) is 12.8. The Morgan fingerprint density at radius 1 is 1.15 bits per heavy atom. The lowest BCUT2D eigenvalue weighted by atomic mass is 10.0. The van der Waals surface area contributed by atoms with Gasteiger partial charge in [-0.1, -0.05) is 58.0 Å². The number of amides is 1. The molecule has 0 saturated carbocycles. The van der Waals surface area contributed by atoms with Gasteiger partial charge in [-0.3, -0.25) is 4.79 Å². The summed E-state index contributed by atoms with van der Waals surface area (Å²) in [6.45, 7) is 9.28. The van der Waals surface area contributed by atoms with Crippen LogP contribution < -0.4 is 0 Å². The van der Waals surface area contributed by atoms with Crippen LogP contribution in [-0.2, 0) is 4.79 Å². The molecule has 20 heavy (non-hydrogen) atoms. The summed E-state index contributed by atoms with van der Waals surface area (Å²) in [6, 6.07) is 9.87. The minimum Gasteiger partial charge on any atom is -0.338 e. The van der Waals surface area contributed by atoms with E-state index in [1.807, 2.05) is 35.2 Å². The molecule has 3 heteroatoms. The van der Waals surface area contributed by atoms with E-state index in [2.05, 4.69) is 27.7 Å². The van der Waals surface area contributed by atoms with E-state index in [9.17, 15) is 4.79 Å². The number of alkyl halides is 1. The van der Waals surface area contributed by atoms with Crippen LogP contribution in [0.25, 0.3) is 0 Å². The second-order valence-corrected chi connectivity index (χ2v) is 6.06. The van der Waals surface area contributed by atoms with E-state index in [4.69, 9.17) is 11.6 Å². The molecule has 2 nitrogen and oxygen atoms in total. The summed E-state index contributed by atoms with van der Waals surface area (Å²) in [6.07, 6.45) is 1.93. The lowest BCUT2D eigenvalue weighted by Gasteiger charge is -2.33. The van der Waals surface area contributed by atoms with Crippen LogP contribution >= 0.6 is 11.6 Å². The quantitative estimate of drug-likeness (QED) is 0.671. The maximum Gasteiger partial charge on any atom is 0.245 e. The van der Waals surface area contributed by atoms with E-state index < -0.39 is 5.38 Å². The van der Waals surface area contributed by atoms with Crippen LogP contribution in [-0.4, -0.2) is 23.4 Å². The van der Waals surface area contributed by atoms with Crippen LogP contribution in [0.4, 0.5) is 0 Å². The number of rotatable bonds is 7. The molecule has 0 N–H and O–H groups in total. The third kappa shape index (κ3) is 4.52. The lowest BCUT2D eigenvalue weighted by Crippen LogP contribution is -2.43. The number of benzene rings is 1. The molecule has 0 aliphatic carbocycles. The number of nitrogens with zero attached hydrogens (tertiary/aromatic N) is 1. The van der Waals surface area contributed by atoms with Gasteiger partial charge in [0.25, 0.3) is 0 Å². The van der Waals surface area contributed by atoms with Crippen LogP contribution in [0.2, 0.25) is 0 Å². The van der Waals surface area contributed by atoms with Crippen molar-refractivity contribution in [1.82, 2.24) is 4.90 Å². The maximum absolute atomic E-state index is 12.7. The molecule has 0 radical (unpaired) electrons. The van der Waals surface area contributed by atoms with Crippen molar-refractivity contribution in [3.8, 4) is 0 Å². The molecule has 1 amide bonds. The monoisotopic (exact) mass is 295 g/mol. The number of carbonyl (C=O) groups excluding carboxylic acids is 1. The van der Waals surface area contributed by atoms with Gasteiger partial charge in [-0.05, 0) is 24.3 Å². The second kappa shape index (κ2) is 8.31. The molecule has 0 saturated heterocycles. The van der Waals surface area contributed by atoms with Gasteiger partial charge >= 0.3 is 0 Å². The first-order valence-corrected chi connectivity index (χ1v) is 7.94. The molecular formula is C17H26ClNO. The first kappa shape index (κ1) is 17.0. The molecule has 0 spiro atoms. The summed E-state index contributed by atoms with van der Waals surface area (Å²) in [5, 5.41) is -0.587. The highest BCUT2D eigenvalue weighted by atomic mass is 35.5. The van der Waals surface area contributed by atoms with Crippen molar-refractivity contribution >= 4 is 17.5 Å². The SMILES string of the molecule is CCC(CC)N(CC(C)C)C(=O)C(Cl)c1ccccc1. The summed E-state index contributed by atoms with van der Waals surface area (Å²) < 4.78 is 0. The van der Waals surface area contributed by atoms with Crippen LogP contribution in [0.15, 0.2) is 30.3 Å². The van der Waals surface area contributed by atoms with E-state index in [0.29, 0.717) is 5.92 Å². The number of carbonyl (C=O) groups is 1. The van der Waals surface area contributed by atoms with Crippen molar-refractivity contribution in [2.24, 2.45) is 5.92 Å². The van der Waals surface area contributed by atoms with E-state index >= 15 is 0 Å². The molecule has 1 rings (SSSR count). The van der Waals surface area contributed by atoms with Crippen molar-refractivity contribution < 1.29 is 4.79 Å². The fourth-order valence-electron chi connectivity index (χ4n) is 2.45. The summed E-state index contributed by atoms with van der Waals surface area (Å²) in [7, 11) is 0. The molecule has 1 aromatic rings. The third-order valence-electron chi connectivity index (χ3n) is 3.54. The van der Waals surface area contributed by atoms with E-state index in [1.54, 1.807) is 0 Å². The average Bonchev–Trinajstić information content (AvgIpc) is 2.46. The highest BCUT2D eigenvalue weighted by Crippen LogP contribution is 2.25. The average molecular weight is 296 g/mol. The van der Waals surface area contributed by atoms with Crippen molar-refractivity contribution in [3.05, 3.63) is 35.9 Å². The largest absolute Gasteiger partial charge is 0.338 e. The molecular weight excluding hydrogens is 270 g/mol. The van der Waals surface area contributed by atoms with E-state index in [-0.39, 0.29) is 11.9 Å². The van der Waals surface area contributed by atoms with E-state index in [0.717, 1.165) is 24.9 Å². The predicted octanol–water partition coefficient (Wildman–Crippen LogP) is 4.64. The first-order valence-electron chi connectivity index (χ1n) is 7.50. The highest BCUT2D eigenvalue weighted by molar-refractivity contribution is 6.30. The van der Waals surface area contributed by atoms with Gasteiger partial charge in [-0.15, -0.1) is 11.6 Å². The van der Waals surface area contributed by atoms with Gasteiger partial charge in [0, 0.05) is 12.6 Å². The Morgan fingerprint density at radius 3 is 2.15 bits per heavy atom. The highest BCUT2D eigenvalue weighted by Gasteiger charge is 2.28. The zero-order chi connectivity index (χ0) is 15.1. The van der Waals surface area contributed by atoms with Crippen molar-refractivity contribution in [1.29, 1.82) is 0 Å². The molecule has 0 heterocycles. The molecule has 0 aliphatic heterocycles. The van der Waals surface area contributed by atoms with Gasteiger partial charge in [-0.25, -0.2) is 0 Å². The third-order valence-corrected chi connectivity index (χ3v) is 3.98. The minimum atomic E-state index is -0.587. The fraction of sp³-hybridized carbons (Fsp3) is 0.588. The Hall–Kier alpha value is -1.02. The van der Waals surface area contributed by atoms with Gasteiger partial charge in [0.2, 0.25) is 5.91 Å². The molecule has 0 bridgehead atoms. The lowest BCUT2D eigenvalue weighted by molar-refractivity contribution is -0.134. The molecule has 1 aromatic carbocycles. The molecule has 112 valence electrons. The number of hydrogen-bond donors (Lipinski definition) is 0. The number of halogens is 1. The van der Waals surface area contributed by atoms with Crippen LogP contribution in [0.5, 0.6) is 0 Å². The maximum atomic E-state index is 12.7. The van der Waals surface area contributed by atoms with Gasteiger partial charge in [0.1, 0.15) is 5.38 Å². The molecule has 1 unspecified atom stereocenters. The Labute approximate surface area is 128 Å². The molecule has 1 atom stereocenters. The topological polar surface area (TPSA) is 20.3 Å². The second-order valence-electron chi connectivity index (χ2n) is 5.63. The Balaban J connectivity index is 2.92. The zero-order valence-electron chi connectivity index (χ0n) is 13.0. The molecule has 0 aromatic heterocycles. The van der Waals surface area contributed by atoms with Crippen LogP contribution in [0.3, 0.4) is 0 Å². The van der Waals surface area contributed by atoms with Gasteiger partial charge in [-0.2, -0.15) is 0 Å². The van der Waals surface area contributed by atoms with E-state index in [1.165, 1.54) is 0 Å². The van der Waals surface area contributed by atoms with Gasteiger partial charge in [0.15, 0.2) is 0 Å². The molecule has 0 aliphatic rings. The standard InChI is InChI=1S/C17H26ClNO/c1-5-15(6-2)19(12-13(3)4)17(20)16(18)14-10-8-7-9-11-14/h7-11,13,15-16H,5-6,12H2,1-4H3. The Morgan fingerprint density at radius 2 is 1.70 bits per heavy atom. The van der Waals surface area contributed by atoms with Gasteiger partial charge < -0.3 is 4.90 Å². The van der Waals surface area contributed by atoms with Crippen molar-refractivity contribution in [3.63, 3.8) is 0 Å². The van der Waals surface area contributed by atoms with Gasteiger partial charge in [0.05, 0.1) is 0 Å². The molecule has 0 fully saturated rings. The summed E-state index contributed by atoms with van der Waals surface area (Å²) in [5.41, 5.74) is 0.874. The first-order chi connectivity index (χ1) is 9.51. The summed E-state index contributed by atoms with van der Waals surface area (Å²) >= 11 is 6.40. The summed E-state index contributed by atoms with van der Waals surface area (Å²) in [5.74, 6) is 0.472. The smallest absolute Gasteiger partial charge is 0.245 e. The fourth-order valence-corrected chi connectivity index (χ4v) is 2.72. The number of hydrogen-bond acceptors (Lipinski definition) is 1. The van der Waals surface area contributed by atoms with Crippen molar-refractivity contribution in [2.45, 2.75) is 52.0 Å². The Bertz CT molecular complexity index is 401. The minimum absolute atomic E-state index is 0.0280. The zero-order valence-corrected chi connectivity index (χ0v) is 13.7. The van der Waals surface area contributed by atoms with Crippen LogP contribution in [0, 0.1) is 5.92 Å². The predicted molar refractivity (Wildman–Crippen MR) is 86.0 cm³/mol. The van der Waals surface area contributed by atoms with Crippen molar-refractivity contribution in [2.75, 3.05) is 6.54 Å². The summed E-state index contributed by atoms with van der Waals surface area (Å²) in [4.78, 5) is 14.7.